The van der Waals surface area contributed by atoms with Gasteiger partial charge in [0, 0.05) is 24.6 Å². The van der Waals surface area contributed by atoms with E-state index in [1.165, 1.54) is 0 Å². The van der Waals surface area contributed by atoms with Crippen LogP contribution in [0.3, 0.4) is 0 Å². The molecule has 3 rings (SSSR count). The van der Waals surface area contributed by atoms with E-state index in [-0.39, 0.29) is 0 Å². The summed E-state index contributed by atoms with van der Waals surface area (Å²) < 4.78 is 5.09. The predicted octanol–water partition coefficient (Wildman–Crippen LogP) is -0.108. The van der Waals surface area contributed by atoms with Gasteiger partial charge < -0.3 is 15.6 Å². The number of nitrogens with zero attached hydrogens (tertiary/aromatic N) is 1. The first-order valence-corrected chi connectivity index (χ1v) is 4.27. The molecule has 0 bridgehead atoms. The van der Waals surface area contributed by atoms with Crippen LogP contribution in [0.1, 0.15) is 11.8 Å². The number of aromatic nitrogens is 1. The molecule has 2 aliphatic rings. The summed E-state index contributed by atoms with van der Waals surface area (Å²) >= 11 is 0. The van der Waals surface area contributed by atoms with E-state index in [1.54, 1.807) is 6.20 Å². The summed E-state index contributed by atoms with van der Waals surface area (Å²) in [4.78, 5) is 0. The van der Waals surface area contributed by atoms with Crippen LogP contribution in [0.4, 0.5) is 0 Å². The molecule has 0 radical (unpaired) electrons. The number of nitrogens with one attached hydrogen (secondary N) is 1. The molecule has 1 saturated heterocycles. The van der Waals surface area contributed by atoms with Gasteiger partial charge in [-0.3, -0.25) is 0 Å². The lowest BCUT2D eigenvalue weighted by Crippen LogP contribution is -2.25. The molecule has 4 heteroatoms. The van der Waals surface area contributed by atoms with Gasteiger partial charge >= 0.3 is 0 Å². The van der Waals surface area contributed by atoms with Crippen molar-refractivity contribution in [2.45, 2.75) is 12.1 Å². The van der Waals surface area contributed by atoms with Crippen LogP contribution in [0, 0.1) is 11.8 Å². The van der Waals surface area contributed by atoms with Crippen molar-refractivity contribution < 1.29 is 4.52 Å². The number of nitrogens with two attached hydrogens (primary N) is 1. The summed E-state index contributed by atoms with van der Waals surface area (Å²) in [6, 6.07) is 2.60. The van der Waals surface area contributed by atoms with Crippen molar-refractivity contribution in [1.82, 2.24) is 10.5 Å². The Morgan fingerprint density at radius 3 is 3.17 bits per heavy atom. The molecular weight excluding hydrogens is 154 g/mol. The Hall–Kier alpha value is -0.870. The Morgan fingerprint density at radius 2 is 2.58 bits per heavy atom. The highest BCUT2D eigenvalue weighted by Crippen LogP contribution is 2.50. The fraction of sp³-hybridized carbons (Fsp3) is 0.625. The zero-order valence-electron chi connectivity index (χ0n) is 6.60. The van der Waals surface area contributed by atoms with Gasteiger partial charge in [0.1, 0.15) is 0 Å². The molecular formula is C8H11N3O. The van der Waals surface area contributed by atoms with Crippen molar-refractivity contribution >= 4 is 0 Å². The van der Waals surface area contributed by atoms with Crippen LogP contribution in [0.2, 0.25) is 0 Å². The fourth-order valence-electron chi connectivity index (χ4n) is 2.25. The fourth-order valence-corrected chi connectivity index (χ4v) is 2.25. The Kier molecular flexibility index (Phi) is 1.15. The summed E-state index contributed by atoms with van der Waals surface area (Å²) in [5, 5.41) is 7.06. The molecule has 1 aliphatic carbocycles. The first kappa shape index (κ1) is 6.62. The van der Waals surface area contributed by atoms with Crippen molar-refractivity contribution in [2.24, 2.45) is 17.6 Å². The van der Waals surface area contributed by atoms with Crippen molar-refractivity contribution in [3.05, 3.63) is 18.0 Å². The molecule has 4 atom stereocenters. The smallest absolute Gasteiger partial charge is 0.153 e. The van der Waals surface area contributed by atoms with Crippen LogP contribution in [0.25, 0.3) is 0 Å². The normalized spacial score (nSPS) is 44.4. The van der Waals surface area contributed by atoms with Gasteiger partial charge in [-0.05, 0) is 5.92 Å². The molecule has 1 saturated carbocycles. The van der Waals surface area contributed by atoms with E-state index >= 15 is 0 Å². The first-order valence-electron chi connectivity index (χ1n) is 4.27. The van der Waals surface area contributed by atoms with Gasteiger partial charge in [-0.25, -0.2) is 0 Å². The maximum Gasteiger partial charge on any atom is 0.153 e. The minimum absolute atomic E-state index is 0.312. The van der Waals surface area contributed by atoms with Gasteiger partial charge in [-0.1, -0.05) is 5.16 Å². The molecule has 3 N–H and O–H groups in total. The largest absolute Gasteiger partial charge is 0.360 e. The average Bonchev–Trinajstić information content (AvgIpc) is 2.65. The van der Waals surface area contributed by atoms with Gasteiger partial charge in [-0.2, -0.15) is 0 Å². The highest BCUT2D eigenvalue weighted by molar-refractivity contribution is 5.19. The SMILES string of the molecule is NC1C2CNC(c3ccno3)C12. The quantitative estimate of drug-likeness (QED) is 0.609. The van der Waals surface area contributed by atoms with E-state index < -0.39 is 0 Å². The minimum Gasteiger partial charge on any atom is -0.360 e. The molecule has 4 unspecified atom stereocenters. The van der Waals surface area contributed by atoms with Crippen molar-refractivity contribution in [1.29, 1.82) is 0 Å². The summed E-state index contributed by atoms with van der Waals surface area (Å²) in [5.74, 6) is 2.17. The lowest BCUT2D eigenvalue weighted by molar-refractivity contribution is 0.335. The molecule has 2 fully saturated rings. The monoisotopic (exact) mass is 165 g/mol. The van der Waals surface area contributed by atoms with E-state index in [0.717, 1.165) is 12.3 Å². The first-order chi connectivity index (χ1) is 5.88. The standard InChI is InChI=1S/C8H11N3O/c9-7-4-3-10-8(6(4)7)5-1-2-11-12-5/h1-2,4,6-8,10H,3,9H2. The third-order valence-electron chi connectivity index (χ3n) is 3.02. The highest BCUT2D eigenvalue weighted by Gasteiger charge is 2.57. The van der Waals surface area contributed by atoms with Gasteiger partial charge in [-0.15, -0.1) is 0 Å². The number of fused-ring (bicyclic) bond motifs is 1. The zero-order chi connectivity index (χ0) is 8.13. The van der Waals surface area contributed by atoms with E-state index in [2.05, 4.69) is 10.5 Å². The van der Waals surface area contributed by atoms with Gasteiger partial charge in [0.15, 0.2) is 5.76 Å². The van der Waals surface area contributed by atoms with Gasteiger partial charge in [0.05, 0.1) is 12.2 Å². The Bertz CT molecular complexity index is 285. The van der Waals surface area contributed by atoms with Crippen LogP contribution < -0.4 is 11.1 Å². The van der Waals surface area contributed by atoms with Crippen LogP contribution >= 0.6 is 0 Å². The molecule has 1 aromatic heterocycles. The van der Waals surface area contributed by atoms with Gasteiger partial charge in [0.25, 0.3) is 0 Å². The Morgan fingerprint density at radius 1 is 1.67 bits per heavy atom. The third-order valence-corrected chi connectivity index (χ3v) is 3.02. The molecule has 1 aliphatic heterocycles. The molecule has 1 aromatic rings. The van der Waals surface area contributed by atoms with Crippen LogP contribution in [-0.2, 0) is 0 Å². The molecule has 12 heavy (non-hydrogen) atoms. The van der Waals surface area contributed by atoms with Crippen molar-refractivity contribution in [3.8, 4) is 0 Å². The predicted molar refractivity (Wildman–Crippen MR) is 42.2 cm³/mol. The van der Waals surface area contributed by atoms with Crippen molar-refractivity contribution in [3.63, 3.8) is 0 Å². The minimum atomic E-state index is 0.312. The second kappa shape index (κ2) is 2.08. The molecule has 4 nitrogen and oxygen atoms in total. The Labute approximate surface area is 70.1 Å². The van der Waals surface area contributed by atoms with Crippen LogP contribution in [0.5, 0.6) is 0 Å². The lowest BCUT2D eigenvalue weighted by Gasteiger charge is -2.09. The van der Waals surface area contributed by atoms with Crippen molar-refractivity contribution in [2.75, 3.05) is 6.54 Å². The van der Waals surface area contributed by atoms with E-state index in [4.69, 9.17) is 10.3 Å². The molecule has 2 heterocycles. The topological polar surface area (TPSA) is 64.1 Å². The van der Waals surface area contributed by atoms with Crippen LogP contribution in [0.15, 0.2) is 16.8 Å². The van der Waals surface area contributed by atoms with Gasteiger partial charge in [0.2, 0.25) is 0 Å². The van der Waals surface area contributed by atoms with E-state index in [9.17, 15) is 0 Å². The molecule has 64 valence electrons. The van der Waals surface area contributed by atoms with E-state index in [1.807, 2.05) is 6.07 Å². The second-order valence-corrected chi connectivity index (χ2v) is 3.62. The molecule has 0 aromatic carbocycles. The van der Waals surface area contributed by atoms with E-state index in [0.29, 0.717) is 23.9 Å². The molecule has 0 amide bonds. The Balaban J connectivity index is 1.87. The summed E-state index contributed by atoms with van der Waals surface area (Å²) in [6.45, 7) is 1.02. The third kappa shape index (κ3) is 0.711. The second-order valence-electron chi connectivity index (χ2n) is 3.62. The highest BCUT2D eigenvalue weighted by atomic mass is 16.5. The number of hydrogen-bond acceptors (Lipinski definition) is 4. The lowest BCUT2D eigenvalue weighted by atomic mass is 10.1. The maximum absolute atomic E-state index is 5.87. The summed E-state index contributed by atoms with van der Waals surface area (Å²) in [5.41, 5.74) is 5.87. The average molecular weight is 165 g/mol. The summed E-state index contributed by atoms with van der Waals surface area (Å²) in [7, 11) is 0. The molecule has 0 spiro atoms. The van der Waals surface area contributed by atoms with Crippen LogP contribution in [-0.4, -0.2) is 17.7 Å². The number of piperidine rings is 1. The number of hydrogen-bond donors (Lipinski definition) is 2. The number of rotatable bonds is 1. The zero-order valence-corrected chi connectivity index (χ0v) is 6.60. The maximum atomic E-state index is 5.87. The summed E-state index contributed by atoms with van der Waals surface area (Å²) in [6.07, 6.45) is 1.68.